The molecule has 0 spiro atoms. The van der Waals surface area contributed by atoms with E-state index in [2.05, 4.69) is 10.6 Å². The van der Waals surface area contributed by atoms with Gasteiger partial charge in [0.15, 0.2) is 0 Å². The van der Waals surface area contributed by atoms with Crippen molar-refractivity contribution in [2.45, 2.75) is 33.7 Å². The Morgan fingerprint density at radius 3 is 2.50 bits per heavy atom. The van der Waals surface area contributed by atoms with Crippen LogP contribution < -0.4 is 20.1 Å². The molecule has 0 aliphatic heterocycles. The highest BCUT2D eigenvalue weighted by Crippen LogP contribution is 2.29. The lowest BCUT2D eigenvalue weighted by molar-refractivity contribution is -0.119. The Bertz CT molecular complexity index is 433. The number of hydrogen-bond donors (Lipinski definition) is 2. The van der Waals surface area contributed by atoms with Crippen molar-refractivity contribution in [2.24, 2.45) is 0 Å². The summed E-state index contributed by atoms with van der Waals surface area (Å²) >= 11 is 0. The van der Waals surface area contributed by atoms with E-state index >= 15 is 0 Å². The summed E-state index contributed by atoms with van der Waals surface area (Å²) < 4.78 is 11.0. The molecule has 1 aromatic carbocycles. The van der Waals surface area contributed by atoms with Crippen molar-refractivity contribution in [3.05, 3.63) is 18.2 Å². The zero-order valence-corrected chi connectivity index (χ0v) is 12.7. The third-order valence-electron chi connectivity index (χ3n) is 2.45. The number of carbonyl (C=O) groups excluding carboxylic acids is 1. The van der Waals surface area contributed by atoms with Crippen LogP contribution in [0, 0.1) is 0 Å². The molecule has 112 valence electrons. The van der Waals surface area contributed by atoms with Gasteiger partial charge in [-0.25, -0.2) is 0 Å². The maximum Gasteiger partial charge on any atom is 0.239 e. The highest BCUT2D eigenvalue weighted by atomic mass is 16.5. The van der Waals surface area contributed by atoms with Crippen LogP contribution in [0.3, 0.4) is 0 Å². The van der Waals surface area contributed by atoms with Gasteiger partial charge >= 0.3 is 0 Å². The molecule has 0 bridgehead atoms. The summed E-state index contributed by atoms with van der Waals surface area (Å²) in [5, 5.41) is 5.92. The average Bonchev–Trinajstić information content (AvgIpc) is 2.38. The third-order valence-corrected chi connectivity index (χ3v) is 2.45. The predicted octanol–water partition coefficient (Wildman–Crippen LogP) is 2.42. The molecule has 0 aromatic heterocycles. The number of benzene rings is 1. The number of carbonyl (C=O) groups is 1. The van der Waals surface area contributed by atoms with E-state index in [1.54, 1.807) is 0 Å². The van der Waals surface area contributed by atoms with Crippen molar-refractivity contribution in [3.8, 4) is 11.5 Å². The largest absolute Gasteiger partial charge is 0.494 e. The van der Waals surface area contributed by atoms with Crippen molar-refractivity contribution in [1.82, 2.24) is 5.32 Å². The number of ether oxygens (including phenoxy) is 2. The molecule has 1 aromatic rings. The quantitative estimate of drug-likeness (QED) is 0.768. The van der Waals surface area contributed by atoms with Crippen LogP contribution in [0.2, 0.25) is 0 Å². The summed E-state index contributed by atoms with van der Waals surface area (Å²) in [7, 11) is 0. The molecule has 0 heterocycles. The fourth-order valence-corrected chi connectivity index (χ4v) is 1.73. The normalized spacial score (nSPS) is 10.2. The van der Waals surface area contributed by atoms with Gasteiger partial charge in [-0.15, -0.1) is 0 Å². The molecule has 0 saturated heterocycles. The first-order chi connectivity index (χ1) is 9.56. The van der Waals surface area contributed by atoms with Crippen LogP contribution in [0.15, 0.2) is 18.2 Å². The Hall–Kier alpha value is -1.91. The molecule has 0 radical (unpaired) electrons. The Labute approximate surface area is 120 Å². The monoisotopic (exact) mass is 280 g/mol. The molecule has 0 aliphatic carbocycles. The van der Waals surface area contributed by atoms with E-state index in [1.807, 2.05) is 45.9 Å². The fraction of sp³-hybridized carbons (Fsp3) is 0.533. The van der Waals surface area contributed by atoms with E-state index in [0.29, 0.717) is 19.0 Å². The lowest BCUT2D eigenvalue weighted by Gasteiger charge is -2.15. The summed E-state index contributed by atoms with van der Waals surface area (Å²) in [6.07, 6.45) is 0. The van der Waals surface area contributed by atoms with Crippen LogP contribution in [0.1, 0.15) is 27.7 Å². The summed E-state index contributed by atoms with van der Waals surface area (Å²) in [6.45, 7) is 9.08. The number of hydrogen-bond acceptors (Lipinski definition) is 4. The number of rotatable bonds is 8. The first-order valence-corrected chi connectivity index (χ1v) is 6.99. The second-order valence-corrected chi connectivity index (χ2v) is 4.60. The minimum Gasteiger partial charge on any atom is -0.494 e. The van der Waals surface area contributed by atoms with Crippen molar-refractivity contribution in [3.63, 3.8) is 0 Å². The number of nitrogens with one attached hydrogen (secondary N) is 2. The van der Waals surface area contributed by atoms with Crippen LogP contribution in [0.5, 0.6) is 11.5 Å². The first kappa shape index (κ1) is 16.1. The molecule has 2 N–H and O–H groups in total. The second kappa shape index (κ2) is 8.30. The minimum absolute atomic E-state index is 0.0516. The maximum atomic E-state index is 11.7. The van der Waals surface area contributed by atoms with Crippen molar-refractivity contribution in [2.75, 3.05) is 25.1 Å². The van der Waals surface area contributed by atoms with Crippen LogP contribution >= 0.6 is 0 Å². The van der Waals surface area contributed by atoms with E-state index in [9.17, 15) is 4.79 Å². The summed E-state index contributed by atoms with van der Waals surface area (Å²) in [5.41, 5.74) is 0.761. The number of amides is 1. The lowest BCUT2D eigenvalue weighted by atomic mass is 10.2. The molecule has 0 atom stereocenters. The zero-order valence-electron chi connectivity index (χ0n) is 12.7. The molecule has 5 heteroatoms. The Kier molecular flexibility index (Phi) is 6.70. The molecule has 0 unspecified atom stereocenters. The minimum atomic E-state index is -0.0516. The van der Waals surface area contributed by atoms with Gasteiger partial charge in [-0.2, -0.15) is 0 Å². The Balaban J connectivity index is 2.73. The average molecular weight is 280 g/mol. The molecular formula is C15H24N2O3. The molecule has 0 saturated carbocycles. The van der Waals surface area contributed by atoms with Gasteiger partial charge in [0.1, 0.15) is 11.5 Å². The maximum absolute atomic E-state index is 11.7. The van der Waals surface area contributed by atoms with Crippen LogP contribution in [-0.4, -0.2) is 31.7 Å². The van der Waals surface area contributed by atoms with Crippen LogP contribution in [0.25, 0.3) is 0 Å². The predicted molar refractivity (Wildman–Crippen MR) is 80.5 cm³/mol. The molecular weight excluding hydrogens is 256 g/mol. The van der Waals surface area contributed by atoms with Crippen molar-refractivity contribution >= 4 is 11.6 Å². The molecule has 1 amide bonds. The first-order valence-electron chi connectivity index (χ1n) is 6.99. The third kappa shape index (κ3) is 5.38. The summed E-state index contributed by atoms with van der Waals surface area (Å²) in [5.74, 6) is 1.42. The van der Waals surface area contributed by atoms with E-state index in [1.165, 1.54) is 0 Å². The van der Waals surface area contributed by atoms with E-state index < -0.39 is 0 Å². The summed E-state index contributed by atoms with van der Waals surface area (Å²) in [6, 6.07) is 5.67. The molecule has 0 aliphatic rings. The van der Waals surface area contributed by atoms with E-state index in [-0.39, 0.29) is 18.5 Å². The Morgan fingerprint density at radius 2 is 1.90 bits per heavy atom. The smallest absolute Gasteiger partial charge is 0.239 e. The van der Waals surface area contributed by atoms with Gasteiger partial charge in [0.25, 0.3) is 0 Å². The van der Waals surface area contributed by atoms with Gasteiger partial charge in [-0.05, 0) is 39.8 Å². The van der Waals surface area contributed by atoms with Gasteiger partial charge in [0.2, 0.25) is 5.91 Å². The lowest BCUT2D eigenvalue weighted by Crippen LogP contribution is -2.34. The van der Waals surface area contributed by atoms with Gasteiger partial charge in [-0.3, -0.25) is 4.79 Å². The van der Waals surface area contributed by atoms with Gasteiger partial charge in [-0.1, -0.05) is 0 Å². The number of anilines is 1. The highest BCUT2D eigenvalue weighted by Gasteiger charge is 2.08. The van der Waals surface area contributed by atoms with E-state index in [0.717, 1.165) is 11.4 Å². The molecule has 0 fully saturated rings. The zero-order chi connectivity index (χ0) is 15.0. The van der Waals surface area contributed by atoms with Crippen LogP contribution in [0.4, 0.5) is 5.69 Å². The van der Waals surface area contributed by atoms with Crippen molar-refractivity contribution in [1.29, 1.82) is 0 Å². The molecule has 5 nitrogen and oxygen atoms in total. The van der Waals surface area contributed by atoms with Gasteiger partial charge < -0.3 is 20.1 Å². The second-order valence-electron chi connectivity index (χ2n) is 4.60. The Morgan fingerprint density at radius 1 is 1.20 bits per heavy atom. The molecule has 20 heavy (non-hydrogen) atoms. The SMILES string of the molecule is CCOc1ccc(OCC)c(NCC(=O)NC(C)C)c1. The fourth-order valence-electron chi connectivity index (χ4n) is 1.73. The highest BCUT2D eigenvalue weighted by molar-refractivity contribution is 5.81. The van der Waals surface area contributed by atoms with Crippen molar-refractivity contribution < 1.29 is 14.3 Å². The topological polar surface area (TPSA) is 59.6 Å². The standard InChI is InChI=1S/C15H24N2O3/c1-5-19-12-7-8-14(20-6-2)13(9-12)16-10-15(18)17-11(3)4/h7-9,11,16H,5-6,10H2,1-4H3,(H,17,18). The molecule has 1 rings (SSSR count). The van der Waals surface area contributed by atoms with E-state index in [4.69, 9.17) is 9.47 Å². The summed E-state index contributed by atoms with van der Waals surface area (Å²) in [4.78, 5) is 11.7. The van der Waals surface area contributed by atoms with Gasteiger partial charge in [0.05, 0.1) is 25.4 Å². The van der Waals surface area contributed by atoms with Crippen LogP contribution in [-0.2, 0) is 4.79 Å². The van der Waals surface area contributed by atoms with Gasteiger partial charge in [0, 0.05) is 12.1 Å².